The number of carbonyl (C=O) groups is 6. The first-order valence-corrected chi connectivity index (χ1v) is 15.9. The van der Waals surface area contributed by atoms with E-state index in [2.05, 4.69) is 15.4 Å². The van der Waals surface area contributed by atoms with Crippen LogP contribution in [-0.2, 0) is 40.1 Å². The molecule has 0 radical (unpaired) electrons. The van der Waals surface area contributed by atoms with Crippen molar-refractivity contribution in [1.82, 2.24) is 5.32 Å². The molecule has 49 heavy (non-hydrogen) atoms. The van der Waals surface area contributed by atoms with Crippen molar-refractivity contribution < 1.29 is 47.9 Å². The van der Waals surface area contributed by atoms with Crippen LogP contribution >= 0.6 is 0 Å². The molecular weight excluding hydrogens is 638 g/mol. The molecule has 2 rings (SSSR count). The first kappa shape index (κ1) is 39.8. The van der Waals surface area contributed by atoms with Crippen molar-refractivity contribution in [1.29, 1.82) is 0 Å². The van der Waals surface area contributed by atoms with Crippen molar-refractivity contribution in [3.05, 3.63) is 76.4 Å². The summed E-state index contributed by atoms with van der Waals surface area (Å²) in [5.41, 5.74) is 0.935. The Labute approximate surface area is 284 Å². The van der Waals surface area contributed by atoms with Crippen LogP contribution in [0.3, 0.4) is 0 Å². The van der Waals surface area contributed by atoms with Gasteiger partial charge in [0.2, 0.25) is 11.8 Å². The Morgan fingerprint density at radius 1 is 0.857 bits per heavy atom. The fourth-order valence-electron chi connectivity index (χ4n) is 4.49. The first-order valence-electron chi connectivity index (χ1n) is 15.9. The number of non-ortho nitro benzene ring substituents is 1. The minimum absolute atomic E-state index is 0.0732. The molecule has 0 aromatic heterocycles. The van der Waals surface area contributed by atoms with Gasteiger partial charge >= 0.3 is 12.1 Å². The maximum atomic E-state index is 13.1. The number of benzene rings is 2. The summed E-state index contributed by atoms with van der Waals surface area (Å²) in [5, 5.41) is 16.3. The van der Waals surface area contributed by atoms with E-state index in [9.17, 15) is 38.9 Å². The zero-order chi connectivity index (χ0) is 36.3. The zero-order valence-corrected chi connectivity index (χ0v) is 28.1. The van der Waals surface area contributed by atoms with E-state index in [-0.39, 0.29) is 60.2 Å². The monoisotopic (exact) mass is 681 g/mol. The summed E-state index contributed by atoms with van der Waals surface area (Å²) in [6.45, 7) is 5.15. The molecule has 264 valence electrons. The highest BCUT2D eigenvalue weighted by Crippen LogP contribution is 2.19. The second-order valence-electron chi connectivity index (χ2n) is 11.7. The van der Waals surface area contributed by atoms with Crippen molar-refractivity contribution in [2.45, 2.75) is 78.4 Å². The lowest BCUT2D eigenvalue weighted by Gasteiger charge is -2.23. The van der Waals surface area contributed by atoms with Gasteiger partial charge < -0.3 is 24.8 Å². The molecule has 2 aromatic rings. The number of nitrogens with zero attached hydrogens (tertiary/aromatic N) is 1. The number of rotatable bonds is 20. The highest BCUT2D eigenvalue weighted by molar-refractivity contribution is 5.97. The lowest BCUT2D eigenvalue weighted by Crippen LogP contribution is -2.45. The summed E-state index contributed by atoms with van der Waals surface area (Å²) < 4.78 is 14.5. The third kappa shape index (κ3) is 15.4. The molecular formula is C35H43N3O11. The molecule has 0 aliphatic rings. The zero-order valence-electron chi connectivity index (χ0n) is 28.1. The van der Waals surface area contributed by atoms with E-state index in [0.717, 1.165) is 18.9 Å². The smallest absolute Gasteiger partial charge is 0.466 e. The maximum absolute atomic E-state index is 13.1. The average molecular weight is 682 g/mol. The molecule has 14 nitrogen and oxygen atoms in total. The van der Waals surface area contributed by atoms with Gasteiger partial charge in [0.25, 0.3) is 5.69 Å². The predicted octanol–water partition coefficient (Wildman–Crippen LogP) is 5.62. The fourth-order valence-corrected chi connectivity index (χ4v) is 4.49. The van der Waals surface area contributed by atoms with Gasteiger partial charge in [-0.25, -0.2) is 9.59 Å². The van der Waals surface area contributed by atoms with Gasteiger partial charge in [0.1, 0.15) is 12.4 Å². The van der Waals surface area contributed by atoms with Crippen LogP contribution in [0.25, 0.3) is 0 Å². The van der Waals surface area contributed by atoms with Crippen LogP contribution < -0.4 is 15.4 Å². The Kier molecular flexibility index (Phi) is 16.8. The van der Waals surface area contributed by atoms with Crippen LogP contribution in [0.5, 0.6) is 5.75 Å². The predicted molar refractivity (Wildman–Crippen MR) is 178 cm³/mol. The second kappa shape index (κ2) is 20.8. The van der Waals surface area contributed by atoms with Crippen molar-refractivity contribution in [2.75, 3.05) is 12.4 Å². The van der Waals surface area contributed by atoms with Crippen LogP contribution in [0.4, 0.5) is 16.2 Å². The highest BCUT2D eigenvalue weighted by atomic mass is 16.7. The largest absolute Gasteiger partial charge is 0.514 e. The van der Waals surface area contributed by atoms with Crippen LogP contribution in [-0.4, -0.2) is 53.6 Å². The van der Waals surface area contributed by atoms with Crippen molar-refractivity contribution >= 4 is 46.9 Å². The number of nitrogens with one attached hydrogen (secondary N) is 2. The number of Topliss-reactive ketones (excluding diaryl/α,β-unsaturated/α-hetero) is 1. The lowest BCUT2D eigenvalue weighted by atomic mass is 9.92. The molecule has 0 unspecified atom stereocenters. The molecule has 0 saturated carbocycles. The van der Waals surface area contributed by atoms with E-state index in [1.54, 1.807) is 31.2 Å². The van der Waals surface area contributed by atoms with Crippen LogP contribution in [0.1, 0.15) is 71.3 Å². The fraction of sp³-hybridized carbons (Fsp3) is 0.429. The van der Waals surface area contributed by atoms with Crippen molar-refractivity contribution in [2.24, 2.45) is 11.8 Å². The quantitative estimate of drug-likeness (QED) is 0.0439. The molecule has 2 atom stereocenters. The van der Waals surface area contributed by atoms with E-state index in [0.29, 0.717) is 30.5 Å². The second-order valence-corrected chi connectivity index (χ2v) is 11.7. The van der Waals surface area contributed by atoms with Crippen molar-refractivity contribution in [3.63, 3.8) is 0 Å². The minimum atomic E-state index is -0.991. The van der Waals surface area contributed by atoms with Crippen molar-refractivity contribution in [3.8, 4) is 5.75 Å². The SMILES string of the molecule is COC(=O)/C=C/C(=O)CCCCCCC(=O)N[C@H](C(=O)C[C@@H](C)C(=O)Nc1ccc(COC(=O)Oc2ccc([N+](=O)[O-])cc2)cc1)C(C)C. The lowest BCUT2D eigenvalue weighted by molar-refractivity contribution is -0.384. The number of methoxy groups -OCH3 is 1. The summed E-state index contributed by atoms with van der Waals surface area (Å²) >= 11 is 0. The summed E-state index contributed by atoms with van der Waals surface area (Å²) in [4.78, 5) is 83.3. The van der Waals surface area contributed by atoms with Gasteiger partial charge in [-0.2, -0.15) is 0 Å². The van der Waals surface area contributed by atoms with Crippen LogP contribution in [0, 0.1) is 22.0 Å². The molecule has 0 aliphatic heterocycles. The highest BCUT2D eigenvalue weighted by Gasteiger charge is 2.27. The maximum Gasteiger partial charge on any atom is 0.514 e. The number of ether oxygens (including phenoxy) is 3. The molecule has 0 aliphatic carbocycles. The number of allylic oxidation sites excluding steroid dienone is 1. The summed E-state index contributed by atoms with van der Waals surface area (Å²) in [6.07, 6.45) is 4.42. The Bertz CT molecular complexity index is 1490. The van der Waals surface area contributed by atoms with Gasteiger partial charge in [-0.3, -0.25) is 29.3 Å². The summed E-state index contributed by atoms with van der Waals surface area (Å²) in [5.74, 6) is -2.42. The molecule has 0 spiro atoms. The van der Waals surface area contributed by atoms with Gasteiger partial charge in [-0.15, -0.1) is 0 Å². The minimum Gasteiger partial charge on any atom is -0.466 e. The van der Waals surface area contributed by atoms with E-state index < -0.39 is 29.0 Å². The number of amides is 2. The molecule has 14 heteroatoms. The summed E-state index contributed by atoms with van der Waals surface area (Å²) in [7, 11) is 1.23. The van der Waals surface area contributed by atoms with E-state index in [4.69, 9.17) is 9.47 Å². The van der Waals surface area contributed by atoms with Gasteiger partial charge in [-0.1, -0.05) is 45.7 Å². The Morgan fingerprint density at radius 2 is 1.49 bits per heavy atom. The van der Waals surface area contributed by atoms with E-state index >= 15 is 0 Å². The number of nitro benzene ring substituents is 1. The first-order chi connectivity index (χ1) is 23.3. The third-order valence-corrected chi connectivity index (χ3v) is 7.30. The summed E-state index contributed by atoms with van der Waals surface area (Å²) in [6, 6.07) is 10.7. The number of ketones is 2. The molecule has 2 amide bonds. The Hall–Kier alpha value is -5.40. The van der Waals surface area contributed by atoms with Crippen LogP contribution in [0.2, 0.25) is 0 Å². The number of esters is 1. The van der Waals surface area contributed by atoms with Gasteiger partial charge in [0.15, 0.2) is 11.6 Å². The standard InChI is InChI=1S/C35H43N3O11/c1-23(2)33(37-31(41)10-8-6-5-7-9-28(39)17-20-32(42)47-4)30(40)21-24(3)34(43)36-26-13-11-25(12-14-26)22-48-35(44)49-29-18-15-27(16-19-29)38(45)46/h11-20,23-24,33H,5-10,21-22H2,1-4H3,(H,36,43)(H,37,41)/b20-17+/t24-,33+/m1/s1. The third-order valence-electron chi connectivity index (χ3n) is 7.30. The normalized spacial score (nSPS) is 12.1. The van der Waals surface area contributed by atoms with E-state index in [1.807, 2.05) is 13.8 Å². The van der Waals surface area contributed by atoms with E-state index in [1.165, 1.54) is 37.5 Å². The molecule has 2 aromatic carbocycles. The number of nitro groups is 1. The Balaban J connectivity index is 1.73. The molecule has 0 bridgehead atoms. The number of carbonyl (C=O) groups excluding carboxylic acids is 6. The number of hydrogen-bond acceptors (Lipinski definition) is 11. The van der Waals surface area contributed by atoms with Gasteiger partial charge in [0.05, 0.1) is 18.1 Å². The van der Waals surface area contributed by atoms with Gasteiger partial charge in [-0.05, 0) is 54.7 Å². The Morgan fingerprint density at radius 3 is 2.08 bits per heavy atom. The molecule has 0 saturated heterocycles. The average Bonchev–Trinajstić information content (AvgIpc) is 3.07. The van der Waals surface area contributed by atoms with Crippen LogP contribution in [0.15, 0.2) is 60.7 Å². The molecule has 2 N–H and O–H groups in total. The number of hydrogen-bond donors (Lipinski definition) is 2. The number of anilines is 1. The molecule has 0 fully saturated rings. The molecule has 0 heterocycles. The van der Waals surface area contributed by atoms with Gasteiger partial charge in [0, 0.05) is 49.1 Å². The number of unbranched alkanes of at least 4 members (excludes halogenated alkanes) is 3. The topological polar surface area (TPSA) is 197 Å².